The van der Waals surface area contributed by atoms with Crippen molar-refractivity contribution in [1.82, 2.24) is 10.9 Å². The van der Waals surface area contributed by atoms with Gasteiger partial charge in [0.05, 0.1) is 17.4 Å². The molecule has 0 unspecified atom stereocenters. The minimum absolute atomic E-state index is 0.0613. The molecule has 1 aromatic carbocycles. The fourth-order valence-corrected chi connectivity index (χ4v) is 4.26. The monoisotopic (exact) mass is 391 g/mol. The van der Waals surface area contributed by atoms with Gasteiger partial charge in [-0.3, -0.25) is 15.6 Å². The first kappa shape index (κ1) is 16.2. The molecule has 3 N–H and O–H groups in total. The van der Waals surface area contributed by atoms with E-state index in [2.05, 4.69) is 32.1 Å². The second kappa shape index (κ2) is 6.71. The Hall–Kier alpha value is -1.19. The van der Waals surface area contributed by atoms with Gasteiger partial charge in [0.25, 0.3) is 0 Å². The Labute approximate surface area is 136 Å². The number of benzene rings is 1. The number of amides is 1. The van der Waals surface area contributed by atoms with Crippen LogP contribution in [0, 0.1) is 5.92 Å². The molecule has 21 heavy (non-hydrogen) atoms. The van der Waals surface area contributed by atoms with Gasteiger partial charge in [-0.25, -0.2) is 8.42 Å². The highest BCUT2D eigenvalue weighted by molar-refractivity contribution is 9.10. The summed E-state index contributed by atoms with van der Waals surface area (Å²) in [6.07, 6.45) is 0.349. The zero-order chi connectivity index (χ0) is 15.5. The Balaban J connectivity index is 1.80. The molecule has 1 heterocycles. The lowest BCUT2D eigenvalue weighted by Gasteiger charge is -2.13. The van der Waals surface area contributed by atoms with Crippen molar-refractivity contribution in [2.45, 2.75) is 6.42 Å². The predicted molar refractivity (Wildman–Crippen MR) is 88.4 cm³/mol. The molecule has 1 saturated heterocycles. The third-order valence-electron chi connectivity index (χ3n) is 2.98. The van der Waals surface area contributed by atoms with Crippen molar-refractivity contribution in [3.8, 4) is 0 Å². The molecule has 9 heteroatoms. The van der Waals surface area contributed by atoms with Gasteiger partial charge in [-0.05, 0) is 36.8 Å². The molecule has 0 aliphatic carbocycles. The molecular formula is C12H14BrN3O3S2. The minimum atomic E-state index is -3.07. The molecule has 1 fully saturated rings. The highest BCUT2D eigenvalue weighted by Gasteiger charge is 2.32. The Morgan fingerprint density at radius 1 is 1.33 bits per heavy atom. The number of hydrogen-bond donors (Lipinski definition) is 3. The smallest absolute Gasteiger partial charge is 0.242 e. The molecule has 1 aliphatic rings. The SMILES string of the molecule is O=C(NNC(=S)Nc1cccc(Br)c1)[C@@H]1CCS(=O)(=O)C1. The van der Waals surface area contributed by atoms with E-state index in [1.54, 1.807) is 0 Å². The fourth-order valence-electron chi connectivity index (χ4n) is 1.95. The maximum Gasteiger partial charge on any atom is 0.242 e. The van der Waals surface area contributed by atoms with Crippen LogP contribution in [0.3, 0.4) is 0 Å². The van der Waals surface area contributed by atoms with Crippen LogP contribution in [-0.2, 0) is 14.6 Å². The average molecular weight is 392 g/mol. The zero-order valence-corrected chi connectivity index (χ0v) is 14.1. The Bertz CT molecular complexity index is 663. The lowest BCUT2D eigenvalue weighted by Crippen LogP contribution is -2.46. The van der Waals surface area contributed by atoms with Crippen LogP contribution in [0.25, 0.3) is 0 Å². The predicted octanol–water partition coefficient (Wildman–Crippen LogP) is 1.20. The quantitative estimate of drug-likeness (QED) is 0.518. The molecule has 6 nitrogen and oxygen atoms in total. The Morgan fingerprint density at radius 2 is 2.10 bits per heavy atom. The van der Waals surface area contributed by atoms with Crippen molar-refractivity contribution in [2.24, 2.45) is 5.92 Å². The highest BCUT2D eigenvalue weighted by Crippen LogP contribution is 2.18. The largest absolute Gasteiger partial charge is 0.331 e. The summed E-state index contributed by atoms with van der Waals surface area (Å²) < 4.78 is 23.5. The number of sulfone groups is 1. The number of halogens is 1. The summed E-state index contributed by atoms with van der Waals surface area (Å²) >= 11 is 8.39. The summed E-state index contributed by atoms with van der Waals surface area (Å²) in [5.74, 6) is -0.927. The van der Waals surface area contributed by atoms with Crippen molar-refractivity contribution in [3.05, 3.63) is 28.7 Å². The van der Waals surface area contributed by atoms with Crippen LogP contribution >= 0.6 is 28.1 Å². The van der Waals surface area contributed by atoms with E-state index >= 15 is 0 Å². The molecule has 2 rings (SSSR count). The molecule has 0 bridgehead atoms. The number of carbonyl (C=O) groups is 1. The second-order valence-corrected chi connectivity index (χ2v) is 8.23. The van der Waals surface area contributed by atoms with Crippen molar-refractivity contribution in [2.75, 3.05) is 16.8 Å². The van der Waals surface area contributed by atoms with Crippen LogP contribution in [-0.4, -0.2) is 30.9 Å². The highest BCUT2D eigenvalue weighted by atomic mass is 79.9. The molecule has 1 amide bonds. The molecule has 0 aromatic heterocycles. The van der Waals surface area contributed by atoms with E-state index in [4.69, 9.17) is 12.2 Å². The molecule has 0 radical (unpaired) electrons. The summed E-state index contributed by atoms with van der Waals surface area (Å²) in [6, 6.07) is 7.38. The number of hydrazine groups is 1. The average Bonchev–Trinajstić information content (AvgIpc) is 2.76. The van der Waals surface area contributed by atoms with Gasteiger partial charge in [-0.1, -0.05) is 22.0 Å². The van der Waals surface area contributed by atoms with Crippen molar-refractivity contribution >= 4 is 54.7 Å². The molecule has 1 aliphatic heterocycles. The molecular weight excluding hydrogens is 378 g/mol. The number of carbonyl (C=O) groups excluding carboxylic acids is 1. The van der Waals surface area contributed by atoms with Crippen molar-refractivity contribution in [3.63, 3.8) is 0 Å². The third-order valence-corrected chi connectivity index (χ3v) is 5.45. The summed E-state index contributed by atoms with van der Waals surface area (Å²) in [7, 11) is -3.07. The van der Waals surface area contributed by atoms with Crippen LogP contribution < -0.4 is 16.2 Å². The first-order chi connectivity index (χ1) is 9.85. The van der Waals surface area contributed by atoms with E-state index in [9.17, 15) is 13.2 Å². The van der Waals surface area contributed by atoms with Crippen LogP contribution in [0.1, 0.15) is 6.42 Å². The minimum Gasteiger partial charge on any atom is -0.331 e. The summed E-state index contributed by atoms with van der Waals surface area (Å²) in [6.45, 7) is 0. The molecule has 0 saturated carbocycles. The van der Waals surface area contributed by atoms with Crippen molar-refractivity contribution in [1.29, 1.82) is 0 Å². The van der Waals surface area contributed by atoms with Gasteiger partial charge in [0.2, 0.25) is 5.91 Å². The lowest BCUT2D eigenvalue weighted by molar-refractivity contribution is -0.124. The number of hydrogen-bond acceptors (Lipinski definition) is 4. The summed E-state index contributed by atoms with van der Waals surface area (Å²) in [5.41, 5.74) is 5.76. The van der Waals surface area contributed by atoms with E-state index in [1.807, 2.05) is 24.3 Å². The summed E-state index contributed by atoms with van der Waals surface area (Å²) in [4.78, 5) is 11.8. The van der Waals surface area contributed by atoms with Gasteiger partial charge in [0.15, 0.2) is 14.9 Å². The maximum absolute atomic E-state index is 11.8. The van der Waals surface area contributed by atoms with Gasteiger partial charge in [-0.15, -0.1) is 0 Å². The molecule has 114 valence electrons. The van der Waals surface area contributed by atoms with E-state index < -0.39 is 15.8 Å². The molecule has 1 aromatic rings. The van der Waals surface area contributed by atoms with E-state index in [-0.39, 0.29) is 22.5 Å². The number of thiocarbonyl (C=S) groups is 1. The summed E-state index contributed by atoms with van der Waals surface area (Å²) in [5, 5.41) is 3.13. The van der Waals surface area contributed by atoms with Crippen LogP contribution in [0.5, 0.6) is 0 Å². The van der Waals surface area contributed by atoms with Crippen LogP contribution in [0.2, 0.25) is 0 Å². The number of rotatable bonds is 2. The first-order valence-corrected chi connectivity index (χ1v) is 9.21. The van der Waals surface area contributed by atoms with Crippen LogP contribution in [0.4, 0.5) is 5.69 Å². The topological polar surface area (TPSA) is 87.3 Å². The van der Waals surface area contributed by atoms with Gasteiger partial charge in [0.1, 0.15) is 0 Å². The maximum atomic E-state index is 11.8. The Kier molecular flexibility index (Phi) is 5.17. The van der Waals surface area contributed by atoms with Gasteiger partial charge >= 0.3 is 0 Å². The van der Waals surface area contributed by atoms with E-state index in [1.165, 1.54) is 0 Å². The standard InChI is InChI=1S/C12H14BrN3O3S2/c13-9-2-1-3-10(6-9)14-12(20)16-15-11(17)8-4-5-21(18,19)7-8/h1-3,6,8H,4-5,7H2,(H,15,17)(H2,14,16,20)/t8-/m1/s1. The van der Waals surface area contributed by atoms with Gasteiger partial charge in [-0.2, -0.15) is 0 Å². The lowest BCUT2D eigenvalue weighted by atomic mass is 10.1. The fraction of sp³-hybridized carbons (Fsp3) is 0.333. The second-order valence-electron chi connectivity index (χ2n) is 4.68. The van der Waals surface area contributed by atoms with Crippen molar-refractivity contribution < 1.29 is 13.2 Å². The number of nitrogens with one attached hydrogen (secondary N) is 3. The van der Waals surface area contributed by atoms with E-state index in [0.717, 1.165) is 10.2 Å². The molecule has 0 spiro atoms. The Morgan fingerprint density at radius 3 is 2.71 bits per heavy atom. The normalized spacial score (nSPS) is 19.8. The van der Waals surface area contributed by atoms with Gasteiger partial charge < -0.3 is 5.32 Å². The van der Waals surface area contributed by atoms with Crippen LogP contribution in [0.15, 0.2) is 28.7 Å². The van der Waals surface area contributed by atoms with E-state index in [0.29, 0.717) is 6.42 Å². The zero-order valence-electron chi connectivity index (χ0n) is 10.9. The first-order valence-electron chi connectivity index (χ1n) is 6.18. The number of anilines is 1. The third kappa shape index (κ3) is 4.94. The van der Waals surface area contributed by atoms with Gasteiger partial charge in [0, 0.05) is 10.2 Å². The molecule has 1 atom stereocenters.